The predicted octanol–water partition coefficient (Wildman–Crippen LogP) is 8.51. The maximum Gasteiger partial charge on any atom is 0.335 e. The van der Waals surface area contributed by atoms with E-state index < -0.39 is 12.3 Å². The third kappa shape index (κ3) is 6.00. The SMILES string of the molecule is O=C(O)c1ccccc1.OC(Oc1ccc(C2CC2)c(Cl)c1)c1c(-c2c(Cl)cccc2Cl)noc1C1CC1. The molecular weight excluding hydrogens is 549 g/mol. The summed E-state index contributed by atoms with van der Waals surface area (Å²) in [6, 6.07) is 19.0. The van der Waals surface area contributed by atoms with Crippen molar-refractivity contribution in [2.45, 2.75) is 43.8 Å². The van der Waals surface area contributed by atoms with E-state index in [-0.39, 0.29) is 5.92 Å². The van der Waals surface area contributed by atoms with Crippen LogP contribution < -0.4 is 4.74 Å². The number of rotatable bonds is 7. The third-order valence-corrected chi connectivity index (χ3v) is 7.37. The predicted molar refractivity (Wildman–Crippen MR) is 146 cm³/mol. The molecule has 196 valence electrons. The topological polar surface area (TPSA) is 92.8 Å². The van der Waals surface area contributed by atoms with E-state index in [1.54, 1.807) is 54.6 Å². The zero-order valence-corrected chi connectivity index (χ0v) is 22.4. The molecule has 0 aliphatic heterocycles. The Balaban J connectivity index is 0.000000278. The zero-order valence-electron chi connectivity index (χ0n) is 20.1. The number of carboxylic acid groups (broad SMARTS) is 1. The molecule has 6 nitrogen and oxygen atoms in total. The summed E-state index contributed by atoms with van der Waals surface area (Å²) in [5.74, 6) is 0.965. The summed E-state index contributed by atoms with van der Waals surface area (Å²) >= 11 is 19.2. The highest BCUT2D eigenvalue weighted by Gasteiger charge is 2.37. The molecule has 2 saturated carbocycles. The number of benzene rings is 3. The van der Waals surface area contributed by atoms with E-state index in [0.717, 1.165) is 31.2 Å². The molecule has 1 atom stereocenters. The van der Waals surface area contributed by atoms with Gasteiger partial charge in [-0.2, -0.15) is 0 Å². The van der Waals surface area contributed by atoms with Crippen LogP contribution in [0.15, 0.2) is 71.3 Å². The number of aromatic nitrogens is 1. The Morgan fingerprint density at radius 1 is 0.895 bits per heavy atom. The molecule has 9 heteroatoms. The molecule has 0 amide bonds. The van der Waals surface area contributed by atoms with Crippen LogP contribution in [-0.2, 0) is 0 Å². The van der Waals surface area contributed by atoms with Crippen molar-refractivity contribution in [3.63, 3.8) is 0 Å². The van der Waals surface area contributed by atoms with Gasteiger partial charge in [-0.3, -0.25) is 0 Å². The van der Waals surface area contributed by atoms with E-state index in [1.165, 1.54) is 0 Å². The highest BCUT2D eigenvalue weighted by atomic mass is 35.5. The summed E-state index contributed by atoms with van der Waals surface area (Å²) in [5.41, 5.74) is 2.84. The number of hydrogen-bond acceptors (Lipinski definition) is 5. The summed E-state index contributed by atoms with van der Waals surface area (Å²) in [5, 5.41) is 25.1. The van der Waals surface area contributed by atoms with Gasteiger partial charge in [-0.1, -0.05) is 70.3 Å². The van der Waals surface area contributed by atoms with Gasteiger partial charge in [0, 0.05) is 16.5 Å². The molecule has 3 aromatic carbocycles. The van der Waals surface area contributed by atoms with Crippen LogP contribution in [0.2, 0.25) is 15.1 Å². The number of nitrogens with zero attached hydrogens (tertiary/aromatic N) is 1. The fourth-order valence-electron chi connectivity index (χ4n) is 4.17. The number of halogens is 3. The van der Waals surface area contributed by atoms with Gasteiger partial charge in [0.1, 0.15) is 17.2 Å². The lowest BCUT2D eigenvalue weighted by molar-refractivity contribution is -0.0203. The molecule has 0 saturated heterocycles. The van der Waals surface area contributed by atoms with Crippen molar-refractivity contribution >= 4 is 40.8 Å². The minimum atomic E-state index is -1.29. The van der Waals surface area contributed by atoms with Gasteiger partial charge in [-0.05, 0) is 73.6 Å². The second-order valence-corrected chi connectivity index (χ2v) is 10.5. The normalized spacial score (nSPS) is 15.4. The Labute approximate surface area is 234 Å². The molecule has 0 radical (unpaired) electrons. The first-order chi connectivity index (χ1) is 18.3. The van der Waals surface area contributed by atoms with Crippen molar-refractivity contribution in [2.24, 2.45) is 0 Å². The highest BCUT2D eigenvalue weighted by Crippen LogP contribution is 2.48. The number of aliphatic hydroxyl groups excluding tert-OH is 1. The summed E-state index contributed by atoms with van der Waals surface area (Å²) in [6.45, 7) is 0. The fourth-order valence-corrected chi connectivity index (χ4v) is 5.07. The van der Waals surface area contributed by atoms with Crippen molar-refractivity contribution < 1.29 is 24.3 Å². The molecule has 1 unspecified atom stereocenters. The largest absolute Gasteiger partial charge is 0.478 e. The number of carboxylic acids is 1. The maximum atomic E-state index is 11.0. The lowest BCUT2D eigenvalue weighted by Gasteiger charge is -2.16. The Bertz CT molecular complexity index is 1430. The van der Waals surface area contributed by atoms with Gasteiger partial charge >= 0.3 is 5.97 Å². The minimum absolute atomic E-state index is 0.214. The first kappa shape index (κ1) is 26.6. The van der Waals surface area contributed by atoms with E-state index in [2.05, 4.69) is 5.16 Å². The van der Waals surface area contributed by atoms with E-state index in [9.17, 15) is 9.90 Å². The molecule has 4 aromatic rings. The number of aliphatic hydroxyl groups is 1. The Morgan fingerprint density at radius 2 is 1.55 bits per heavy atom. The molecule has 0 bridgehead atoms. The molecular formula is C29H24Cl3NO5. The van der Waals surface area contributed by atoms with Crippen LogP contribution in [0.4, 0.5) is 0 Å². The molecule has 6 rings (SSSR count). The molecule has 2 fully saturated rings. The van der Waals surface area contributed by atoms with Crippen LogP contribution >= 0.6 is 34.8 Å². The average molecular weight is 573 g/mol. The molecule has 2 aliphatic rings. The standard InChI is InChI=1S/C22H18Cl3NO3.C7H6O2/c23-15-2-1-3-16(24)18(15)20-19(21(29-26-20)12-6-7-12)22(27)28-13-8-9-14(11-4-5-11)17(25)10-13;8-7(9)6-4-2-1-3-5-6/h1-3,8-12,22,27H,4-7H2;1-5H,(H,8,9). The number of hydrogen-bond donors (Lipinski definition) is 2. The molecule has 2 aliphatic carbocycles. The number of aromatic carboxylic acids is 1. The lowest BCUT2D eigenvalue weighted by Crippen LogP contribution is -2.09. The van der Waals surface area contributed by atoms with Crippen LogP contribution in [0.1, 0.15) is 71.1 Å². The quantitative estimate of drug-likeness (QED) is 0.216. The van der Waals surface area contributed by atoms with Crippen LogP contribution in [0.3, 0.4) is 0 Å². The summed E-state index contributed by atoms with van der Waals surface area (Å²) in [7, 11) is 0. The van der Waals surface area contributed by atoms with Gasteiger partial charge in [0.05, 0.1) is 21.2 Å². The Morgan fingerprint density at radius 3 is 2.11 bits per heavy atom. The van der Waals surface area contributed by atoms with Crippen molar-refractivity contribution in [2.75, 3.05) is 0 Å². The molecule has 1 aromatic heterocycles. The smallest absolute Gasteiger partial charge is 0.335 e. The van der Waals surface area contributed by atoms with Crippen LogP contribution in [0, 0.1) is 0 Å². The first-order valence-corrected chi connectivity index (χ1v) is 13.3. The van der Waals surface area contributed by atoms with E-state index in [0.29, 0.717) is 54.9 Å². The summed E-state index contributed by atoms with van der Waals surface area (Å²) in [6.07, 6.45) is 2.99. The van der Waals surface area contributed by atoms with E-state index >= 15 is 0 Å². The molecule has 0 spiro atoms. The van der Waals surface area contributed by atoms with Crippen molar-refractivity contribution in [1.29, 1.82) is 0 Å². The van der Waals surface area contributed by atoms with Gasteiger partial charge in [0.15, 0.2) is 0 Å². The van der Waals surface area contributed by atoms with Crippen molar-refractivity contribution in [3.05, 3.63) is 104 Å². The molecule has 2 N–H and O–H groups in total. The average Bonchev–Trinajstić information content (AvgIpc) is 3.83. The Kier molecular flexibility index (Phi) is 7.96. The fraction of sp³-hybridized carbons (Fsp3) is 0.241. The third-order valence-electron chi connectivity index (χ3n) is 6.41. The van der Waals surface area contributed by atoms with Gasteiger partial charge in [-0.25, -0.2) is 4.79 Å². The minimum Gasteiger partial charge on any atom is -0.478 e. The summed E-state index contributed by atoms with van der Waals surface area (Å²) < 4.78 is 11.4. The number of carbonyl (C=O) groups is 1. The molecule has 1 heterocycles. The van der Waals surface area contributed by atoms with E-state index in [1.807, 2.05) is 12.1 Å². The van der Waals surface area contributed by atoms with Crippen LogP contribution in [0.25, 0.3) is 11.3 Å². The van der Waals surface area contributed by atoms with Crippen LogP contribution in [0.5, 0.6) is 5.75 Å². The van der Waals surface area contributed by atoms with Crippen molar-refractivity contribution in [3.8, 4) is 17.0 Å². The molecule has 38 heavy (non-hydrogen) atoms. The van der Waals surface area contributed by atoms with Crippen LogP contribution in [-0.4, -0.2) is 21.3 Å². The zero-order chi connectivity index (χ0) is 26.8. The highest BCUT2D eigenvalue weighted by molar-refractivity contribution is 6.39. The lowest BCUT2D eigenvalue weighted by atomic mass is 10.0. The second-order valence-electron chi connectivity index (χ2n) is 9.28. The van der Waals surface area contributed by atoms with Gasteiger partial charge in [-0.15, -0.1) is 0 Å². The first-order valence-electron chi connectivity index (χ1n) is 12.2. The van der Waals surface area contributed by atoms with Crippen molar-refractivity contribution in [1.82, 2.24) is 5.16 Å². The number of ether oxygens (including phenoxy) is 1. The van der Waals surface area contributed by atoms with E-state index in [4.69, 9.17) is 49.2 Å². The second kappa shape index (κ2) is 11.4. The maximum absolute atomic E-state index is 11.0. The Hall–Kier alpha value is -3.03. The monoisotopic (exact) mass is 571 g/mol. The summed E-state index contributed by atoms with van der Waals surface area (Å²) in [4.78, 5) is 10.2. The van der Waals surface area contributed by atoms with Gasteiger partial charge < -0.3 is 19.5 Å². The van der Waals surface area contributed by atoms with Gasteiger partial charge in [0.2, 0.25) is 6.29 Å². The van der Waals surface area contributed by atoms with Gasteiger partial charge in [0.25, 0.3) is 0 Å².